The summed E-state index contributed by atoms with van der Waals surface area (Å²) in [4.78, 5) is 0.0433. The fourth-order valence-electron chi connectivity index (χ4n) is 2.74. The molecule has 1 unspecified atom stereocenters. The van der Waals surface area contributed by atoms with Crippen molar-refractivity contribution in [1.29, 1.82) is 0 Å². The molecule has 1 aliphatic rings. The zero-order valence-corrected chi connectivity index (χ0v) is 14.4. The van der Waals surface area contributed by atoms with Gasteiger partial charge in [-0.3, -0.25) is 0 Å². The van der Waals surface area contributed by atoms with Gasteiger partial charge in [0.1, 0.15) is 5.82 Å². The van der Waals surface area contributed by atoms with Crippen LogP contribution in [0, 0.1) is 5.82 Å². The van der Waals surface area contributed by atoms with Gasteiger partial charge in [0.05, 0.1) is 10.6 Å². The maximum atomic E-state index is 13.4. The lowest BCUT2D eigenvalue weighted by molar-refractivity contribution is 0.315. The maximum Gasteiger partial charge on any atom is 0.244 e. The molecule has 0 saturated carbocycles. The lowest BCUT2D eigenvalue weighted by Crippen LogP contribution is -2.39. The lowest BCUT2D eigenvalue weighted by Gasteiger charge is -2.28. The molecule has 1 aromatic rings. The van der Waals surface area contributed by atoms with E-state index in [1.54, 1.807) is 4.31 Å². The number of halogens is 2. The first-order valence-electron chi connectivity index (χ1n) is 7.14. The lowest BCUT2D eigenvalue weighted by atomic mass is 10.1. The summed E-state index contributed by atoms with van der Waals surface area (Å²) in [7, 11) is -3.68. The highest BCUT2D eigenvalue weighted by atomic mass is 79.9. The van der Waals surface area contributed by atoms with Crippen LogP contribution in [0.2, 0.25) is 0 Å². The summed E-state index contributed by atoms with van der Waals surface area (Å²) in [5, 5.41) is 0. The van der Waals surface area contributed by atoms with Crippen molar-refractivity contribution in [1.82, 2.24) is 4.31 Å². The van der Waals surface area contributed by atoms with Crippen LogP contribution in [0.15, 0.2) is 21.5 Å². The molecule has 118 valence electrons. The molecule has 1 heterocycles. The van der Waals surface area contributed by atoms with Crippen molar-refractivity contribution in [2.75, 3.05) is 12.3 Å². The average molecular weight is 379 g/mol. The summed E-state index contributed by atoms with van der Waals surface area (Å²) in [6, 6.07) is 2.31. The van der Waals surface area contributed by atoms with Gasteiger partial charge in [-0.25, -0.2) is 12.8 Å². The standard InChI is InChI=1S/C14H20BrFN2O2S/c1-2-10-6-4-3-5-7-18(10)21(19,20)14-9-13(17)12(16)8-11(14)15/h8-10H,2-7,17H2,1H3. The second-order valence-corrected chi connectivity index (χ2v) is 8.04. The van der Waals surface area contributed by atoms with Gasteiger partial charge in [-0.1, -0.05) is 19.8 Å². The summed E-state index contributed by atoms with van der Waals surface area (Å²) in [6.07, 6.45) is 4.56. The molecule has 1 aliphatic heterocycles. The molecule has 0 aromatic heterocycles. The van der Waals surface area contributed by atoms with Crippen LogP contribution in [-0.4, -0.2) is 25.3 Å². The van der Waals surface area contributed by atoms with Crippen LogP contribution in [0.4, 0.5) is 10.1 Å². The van der Waals surface area contributed by atoms with Crippen molar-refractivity contribution >= 4 is 31.6 Å². The molecule has 1 atom stereocenters. The van der Waals surface area contributed by atoms with Crippen molar-refractivity contribution in [3.8, 4) is 0 Å². The number of sulfonamides is 1. The van der Waals surface area contributed by atoms with Gasteiger partial charge in [-0.05, 0) is 47.3 Å². The second kappa shape index (κ2) is 6.62. The molecule has 0 radical (unpaired) electrons. The zero-order chi connectivity index (χ0) is 15.6. The van der Waals surface area contributed by atoms with E-state index in [0.29, 0.717) is 6.54 Å². The fraction of sp³-hybridized carbons (Fsp3) is 0.571. The van der Waals surface area contributed by atoms with Crippen molar-refractivity contribution in [2.24, 2.45) is 0 Å². The molecule has 1 fully saturated rings. The molecule has 1 aromatic carbocycles. The molecule has 0 spiro atoms. The normalized spacial score (nSPS) is 21.2. The van der Waals surface area contributed by atoms with Crippen molar-refractivity contribution in [3.05, 3.63) is 22.4 Å². The highest BCUT2D eigenvalue weighted by Crippen LogP contribution is 2.32. The van der Waals surface area contributed by atoms with E-state index in [0.717, 1.165) is 38.2 Å². The van der Waals surface area contributed by atoms with Gasteiger partial charge in [0.2, 0.25) is 10.0 Å². The minimum absolute atomic E-state index is 0.00400. The van der Waals surface area contributed by atoms with Gasteiger partial charge in [0.25, 0.3) is 0 Å². The summed E-state index contributed by atoms with van der Waals surface area (Å²) in [5.41, 5.74) is 5.38. The third-order valence-electron chi connectivity index (χ3n) is 3.93. The van der Waals surface area contributed by atoms with Gasteiger partial charge in [0.15, 0.2) is 0 Å². The number of nitrogens with zero attached hydrogens (tertiary/aromatic N) is 1. The first-order valence-corrected chi connectivity index (χ1v) is 9.37. The summed E-state index contributed by atoms with van der Waals surface area (Å²) in [6.45, 7) is 2.50. The Balaban J connectivity index is 2.47. The largest absolute Gasteiger partial charge is 0.396 e. The summed E-state index contributed by atoms with van der Waals surface area (Å²) >= 11 is 3.14. The molecule has 4 nitrogen and oxygen atoms in total. The Kier molecular flexibility index (Phi) is 5.27. The summed E-state index contributed by atoms with van der Waals surface area (Å²) < 4.78 is 41.0. The van der Waals surface area contributed by atoms with Crippen LogP contribution >= 0.6 is 15.9 Å². The number of benzene rings is 1. The Labute approximate surface area is 133 Å². The molecule has 7 heteroatoms. The molecule has 21 heavy (non-hydrogen) atoms. The van der Waals surface area contributed by atoms with E-state index in [9.17, 15) is 12.8 Å². The third kappa shape index (κ3) is 3.40. The molecule has 2 N–H and O–H groups in total. The van der Waals surface area contributed by atoms with Gasteiger partial charge in [0, 0.05) is 17.1 Å². The number of anilines is 1. The molecular weight excluding hydrogens is 359 g/mol. The van der Waals surface area contributed by atoms with Crippen molar-refractivity contribution in [3.63, 3.8) is 0 Å². The highest BCUT2D eigenvalue weighted by molar-refractivity contribution is 9.10. The van der Waals surface area contributed by atoms with Crippen LogP contribution in [0.5, 0.6) is 0 Å². The summed E-state index contributed by atoms with van der Waals surface area (Å²) in [5.74, 6) is -0.622. The smallest absolute Gasteiger partial charge is 0.244 e. The van der Waals surface area contributed by atoms with Crippen LogP contribution in [0.3, 0.4) is 0 Å². The third-order valence-corrected chi connectivity index (χ3v) is 6.84. The molecule has 2 rings (SSSR count). The Morgan fingerprint density at radius 1 is 1.38 bits per heavy atom. The molecule has 1 saturated heterocycles. The minimum Gasteiger partial charge on any atom is -0.396 e. The average Bonchev–Trinajstić information content (AvgIpc) is 2.68. The molecule has 0 aliphatic carbocycles. The van der Waals surface area contributed by atoms with Crippen LogP contribution < -0.4 is 5.73 Å². The monoisotopic (exact) mass is 378 g/mol. The quantitative estimate of drug-likeness (QED) is 0.818. The molecular formula is C14H20BrFN2O2S. The first-order chi connectivity index (χ1) is 9.87. The Morgan fingerprint density at radius 2 is 2.10 bits per heavy atom. The second-order valence-electron chi connectivity index (χ2n) is 5.33. The van der Waals surface area contributed by atoms with Crippen LogP contribution in [0.1, 0.15) is 39.0 Å². The highest BCUT2D eigenvalue weighted by Gasteiger charge is 2.33. The molecule has 0 amide bonds. The maximum absolute atomic E-state index is 13.4. The topological polar surface area (TPSA) is 63.4 Å². The number of hydrogen-bond acceptors (Lipinski definition) is 3. The predicted octanol–water partition coefficient (Wildman–Crippen LogP) is 3.51. The first kappa shape index (κ1) is 16.7. The van der Waals surface area contributed by atoms with E-state index < -0.39 is 15.8 Å². The number of hydrogen-bond donors (Lipinski definition) is 1. The van der Waals surface area contributed by atoms with Gasteiger partial charge >= 0.3 is 0 Å². The van der Waals surface area contributed by atoms with Crippen LogP contribution in [-0.2, 0) is 10.0 Å². The number of rotatable bonds is 3. The Hall–Kier alpha value is -0.660. The Bertz CT molecular complexity index is 622. The molecule has 0 bridgehead atoms. The fourth-order valence-corrected chi connectivity index (χ4v) is 5.52. The van der Waals surface area contributed by atoms with Gasteiger partial charge < -0.3 is 5.73 Å². The Morgan fingerprint density at radius 3 is 2.76 bits per heavy atom. The van der Waals surface area contributed by atoms with E-state index in [1.807, 2.05) is 6.92 Å². The predicted molar refractivity (Wildman–Crippen MR) is 85.0 cm³/mol. The van der Waals surface area contributed by atoms with E-state index in [4.69, 9.17) is 5.73 Å². The van der Waals surface area contributed by atoms with E-state index >= 15 is 0 Å². The zero-order valence-electron chi connectivity index (χ0n) is 12.0. The van der Waals surface area contributed by atoms with Gasteiger partial charge in [-0.2, -0.15) is 4.31 Å². The van der Waals surface area contributed by atoms with Gasteiger partial charge in [-0.15, -0.1) is 0 Å². The SMILES string of the molecule is CCC1CCCCCN1S(=O)(=O)c1cc(N)c(F)cc1Br. The minimum atomic E-state index is -3.68. The van der Waals surface area contributed by atoms with Crippen LogP contribution in [0.25, 0.3) is 0 Å². The van der Waals surface area contributed by atoms with Crippen molar-refractivity contribution < 1.29 is 12.8 Å². The number of nitrogen functional groups attached to an aromatic ring is 1. The van der Waals surface area contributed by atoms with E-state index in [-0.39, 0.29) is 21.1 Å². The van der Waals surface area contributed by atoms with E-state index in [2.05, 4.69) is 15.9 Å². The van der Waals surface area contributed by atoms with Crippen molar-refractivity contribution in [2.45, 2.75) is 50.0 Å². The van der Waals surface area contributed by atoms with E-state index in [1.165, 1.54) is 6.07 Å². The number of nitrogens with two attached hydrogens (primary N) is 1.